The number of halogens is 1. The number of likely N-dealkylation sites (tertiary alicyclic amines) is 1. The van der Waals surface area contributed by atoms with Crippen molar-refractivity contribution in [3.05, 3.63) is 0 Å². The summed E-state index contributed by atoms with van der Waals surface area (Å²) in [6, 6.07) is 0. The number of ether oxygens (including phenoxy) is 1. The average molecular weight is 313 g/mol. The van der Waals surface area contributed by atoms with Crippen molar-refractivity contribution in [1.82, 2.24) is 4.90 Å². The third kappa shape index (κ3) is 3.05. The molecule has 14 heavy (non-hydrogen) atoms. The molecular formula is C10H20INO2. The molecule has 1 fully saturated rings. The van der Waals surface area contributed by atoms with Gasteiger partial charge < -0.3 is 7.80 Å². The highest BCUT2D eigenvalue weighted by Gasteiger charge is 2.34. The van der Waals surface area contributed by atoms with E-state index in [0.717, 1.165) is 19.5 Å². The van der Waals surface area contributed by atoms with Crippen LogP contribution in [0.5, 0.6) is 0 Å². The smallest absolute Gasteiger partial charge is 0.110 e. The van der Waals surface area contributed by atoms with Gasteiger partial charge in [0, 0.05) is 25.7 Å². The first-order chi connectivity index (χ1) is 6.49. The normalized spacial score (nSPS) is 30.6. The first-order valence-electron chi connectivity index (χ1n) is 5.04. The monoisotopic (exact) mass is 313 g/mol. The fourth-order valence-electron chi connectivity index (χ4n) is 1.83. The molecule has 1 aliphatic heterocycles. The Morgan fingerprint density at radius 1 is 1.29 bits per heavy atom. The van der Waals surface area contributed by atoms with Crippen LogP contribution in [0.4, 0.5) is 0 Å². The van der Waals surface area contributed by atoms with Crippen LogP contribution in [0, 0.1) is 0 Å². The lowest BCUT2D eigenvalue weighted by atomic mass is 9.98. The van der Waals surface area contributed by atoms with Gasteiger partial charge in [-0.05, 0) is 27.2 Å². The molecule has 0 radical (unpaired) electrons. The van der Waals surface area contributed by atoms with Gasteiger partial charge in [-0.1, -0.05) is 0 Å². The van der Waals surface area contributed by atoms with Crippen LogP contribution in [0.2, 0.25) is 0 Å². The summed E-state index contributed by atoms with van der Waals surface area (Å²) in [6.45, 7) is 8.78. The predicted molar refractivity (Wildman–Crippen MR) is 65.6 cm³/mol. The minimum atomic E-state index is 0.208. The van der Waals surface area contributed by atoms with Crippen molar-refractivity contribution < 1.29 is 7.80 Å². The van der Waals surface area contributed by atoms with E-state index in [1.165, 1.54) is 0 Å². The topological polar surface area (TPSA) is 21.7 Å². The maximum absolute atomic E-state index is 5.45. The SMILES string of the molecule is COC1CN(C(C)(C)C)CCC1OI. The molecule has 1 aliphatic rings. The first kappa shape index (κ1) is 12.7. The zero-order chi connectivity index (χ0) is 10.8. The van der Waals surface area contributed by atoms with E-state index >= 15 is 0 Å². The van der Waals surface area contributed by atoms with Gasteiger partial charge in [0.25, 0.3) is 0 Å². The number of nitrogens with zero attached hydrogens (tertiary/aromatic N) is 1. The summed E-state index contributed by atoms with van der Waals surface area (Å²) >= 11 is 1.97. The second kappa shape index (κ2) is 5.09. The Bertz CT molecular complexity index is 181. The standard InChI is InChI=1S/C10H20INO2/c1-10(2,3)12-6-5-8(14-11)9(7-12)13-4/h8-9H,5-7H2,1-4H3. The Labute approximate surface area is 101 Å². The van der Waals surface area contributed by atoms with Crippen LogP contribution in [0.3, 0.4) is 0 Å². The summed E-state index contributed by atoms with van der Waals surface area (Å²) < 4.78 is 10.8. The zero-order valence-electron chi connectivity index (χ0n) is 9.42. The van der Waals surface area contributed by atoms with Crippen molar-refractivity contribution in [2.45, 2.75) is 44.9 Å². The third-order valence-electron chi connectivity index (χ3n) is 2.86. The van der Waals surface area contributed by atoms with E-state index in [9.17, 15) is 0 Å². The number of piperidine rings is 1. The Morgan fingerprint density at radius 2 is 1.93 bits per heavy atom. The van der Waals surface area contributed by atoms with Crippen LogP contribution >= 0.6 is 23.0 Å². The van der Waals surface area contributed by atoms with Gasteiger partial charge in [-0.15, -0.1) is 0 Å². The zero-order valence-corrected chi connectivity index (χ0v) is 11.6. The van der Waals surface area contributed by atoms with Gasteiger partial charge in [-0.2, -0.15) is 0 Å². The Morgan fingerprint density at radius 3 is 2.36 bits per heavy atom. The fourth-order valence-corrected chi connectivity index (χ4v) is 2.41. The molecule has 0 spiro atoms. The molecule has 2 unspecified atom stereocenters. The number of methoxy groups -OCH3 is 1. The Kier molecular flexibility index (Phi) is 4.61. The second-order valence-corrected chi connectivity index (χ2v) is 5.32. The minimum Gasteiger partial charge on any atom is -0.377 e. The molecule has 1 heterocycles. The fraction of sp³-hybridized carbons (Fsp3) is 1.00. The third-order valence-corrected chi connectivity index (χ3v) is 3.52. The lowest BCUT2D eigenvalue weighted by molar-refractivity contribution is -0.0570. The number of rotatable bonds is 2. The summed E-state index contributed by atoms with van der Waals surface area (Å²) in [4.78, 5) is 2.45. The molecule has 3 nitrogen and oxygen atoms in total. The largest absolute Gasteiger partial charge is 0.377 e. The molecule has 1 saturated heterocycles. The Hall–Kier alpha value is 0.610. The highest BCUT2D eigenvalue weighted by Crippen LogP contribution is 2.24. The van der Waals surface area contributed by atoms with Crippen LogP contribution in [0.25, 0.3) is 0 Å². The van der Waals surface area contributed by atoms with E-state index in [1.54, 1.807) is 7.11 Å². The van der Waals surface area contributed by atoms with Gasteiger partial charge in [-0.25, -0.2) is 0 Å². The van der Waals surface area contributed by atoms with Crippen molar-refractivity contribution in [2.24, 2.45) is 0 Å². The lowest BCUT2D eigenvalue weighted by Crippen LogP contribution is -2.54. The quantitative estimate of drug-likeness (QED) is 0.730. The van der Waals surface area contributed by atoms with E-state index in [1.807, 2.05) is 23.0 Å². The molecule has 84 valence electrons. The van der Waals surface area contributed by atoms with Crippen molar-refractivity contribution >= 4 is 23.0 Å². The van der Waals surface area contributed by atoms with Gasteiger partial charge in [0.15, 0.2) is 0 Å². The van der Waals surface area contributed by atoms with Gasteiger partial charge in [0.1, 0.15) is 23.0 Å². The molecular weight excluding hydrogens is 293 g/mol. The maximum Gasteiger partial charge on any atom is 0.110 e. The van der Waals surface area contributed by atoms with Crippen molar-refractivity contribution in [3.63, 3.8) is 0 Å². The van der Waals surface area contributed by atoms with Gasteiger partial charge >= 0.3 is 0 Å². The molecule has 4 heteroatoms. The van der Waals surface area contributed by atoms with Crippen LogP contribution in [-0.2, 0) is 7.80 Å². The summed E-state index contributed by atoms with van der Waals surface area (Å²) in [5.74, 6) is 0. The molecule has 0 aromatic rings. The van der Waals surface area contributed by atoms with Crippen LogP contribution in [0.1, 0.15) is 27.2 Å². The van der Waals surface area contributed by atoms with E-state index in [0.29, 0.717) is 0 Å². The lowest BCUT2D eigenvalue weighted by Gasteiger charge is -2.43. The molecule has 0 amide bonds. The molecule has 0 aromatic heterocycles. The summed E-state index contributed by atoms with van der Waals surface area (Å²) in [7, 11) is 1.76. The molecule has 0 saturated carbocycles. The average Bonchev–Trinajstić information content (AvgIpc) is 2.15. The molecule has 0 N–H and O–H groups in total. The number of hydrogen-bond acceptors (Lipinski definition) is 3. The van der Waals surface area contributed by atoms with Crippen molar-refractivity contribution in [1.29, 1.82) is 0 Å². The van der Waals surface area contributed by atoms with E-state index in [2.05, 4.69) is 25.7 Å². The maximum atomic E-state index is 5.45. The Balaban J connectivity index is 2.57. The predicted octanol–water partition coefficient (Wildman–Crippen LogP) is 2.24. The van der Waals surface area contributed by atoms with Crippen LogP contribution < -0.4 is 0 Å². The molecule has 0 aromatic carbocycles. The second-order valence-electron chi connectivity index (χ2n) is 4.81. The van der Waals surface area contributed by atoms with E-state index < -0.39 is 0 Å². The summed E-state index contributed by atoms with van der Waals surface area (Å²) in [5, 5.41) is 0. The minimum absolute atomic E-state index is 0.208. The molecule has 0 aliphatic carbocycles. The summed E-state index contributed by atoms with van der Waals surface area (Å²) in [5.41, 5.74) is 0.229. The van der Waals surface area contributed by atoms with Gasteiger partial charge in [-0.3, -0.25) is 4.90 Å². The van der Waals surface area contributed by atoms with Crippen molar-refractivity contribution in [3.8, 4) is 0 Å². The molecule has 0 bridgehead atoms. The van der Waals surface area contributed by atoms with E-state index in [4.69, 9.17) is 7.80 Å². The highest BCUT2D eigenvalue weighted by atomic mass is 127. The van der Waals surface area contributed by atoms with Crippen LogP contribution in [0.15, 0.2) is 0 Å². The first-order valence-corrected chi connectivity index (χ1v) is 5.92. The van der Waals surface area contributed by atoms with Gasteiger partial charge in [0.05, 0.1) is 12.2 Å². The molecule has 1 rings (SSSR count). The van der Waals surface area contributed by atoms with Crippen LogP contribution in [-0.4, -0.2) is 42.8 Å². The highest BCUT2D eigenvalue weighted by molar-refractivity contribution is 14.1. The van der Waals surface area contributed by atoms with Gasteiger partial charge in [0.2, 0.25) is 0 Å². The number of hydrogen-bond donors (Lipinski definition) is 0. The van der Waals surface area contributed by atoms with E-state index in [-0.39, 0.29) is 17.7 Å². The van der Waals surface area contributed by atoms with Crippen molar-refractivity contribution in [2.75, 3.05) is 20.2 Å². The molecule has 2 atom stereocenters. The summed E-state index contributed by atoms with van der Waals surface area (Å²) in [6.07, 6.45) is 1.51.